The molecule has 24 heavy (non-hydrogen) atoms. The van der Waals surface area contributed by atoms with Gasteiger partial charge in [0.2, 0.25) is 0 Å². The van der Waals surface area contributed by atoms with E-state index in [9.17, 15) is 9.18 Å². The van der Waals surface area contributed by atoms with Crippen molar-refractivity contribution in [2.24, 2.45) is 0 Å². The molecule has 0 unspecified atom stereocenters. The first kappa shape index (κ1) is 16.5. The van der Waals surface area contributed by atoms with E-state index in [4.69, 9.17) is 4.74 Å². The van der Waals surface area contributed by atoms with Crippen LogP contribution in [0.5, 0.6) is 0 Å². The van der Waals surface area contributed by atoms with Crippen LogP contribution in [0.4, 0.5) is 9.18 Å². The molecule has 0 saturated carbocycles. The molecular formula is C18H22FN3O2. The van der Waals surface area contributed by atoms with Gasteiger partial charge in [0.25, 0.3) is 0 Å². The lowest BCUT2D eigenvalue weighted by Crippen LogP contribution is -2.39. The molecule has 0 fully saturated rings. The smallest absolute Gasteiger partial charge is 0.410 e. The van der Waals surface area contributed by atoms with E-state index in [1.54, 1.807) is 18.0 Å². The number of hydrogen-bond acceptors (Lipinski definition) is 3. The summed E-state index contributed by atoms with van der Waals surface area (Å²) in [4.78, 5) is 21.2. The normalized spacial score (nSPS) is 14.5. The van der Waals surface area contributed by atoms with Crippen molar-refractivity contribution < 1.29 is 13.9 Å². The molecule has 0 bridgehead atoms. The Balaban J connectivity index is 1.83. The molecule has 3 heterocycles. The maximum atomic E-state index is 13.7. The number of H-pyrrole nitrogens is 1. The number of rotatable bonds is 1. The summed E-state index contributed by atoms with van der Waals surface area (Å²) < 4.78 is 19.2. The highest BCUT2D eigenvalue weighted by molar-refractivity contribution is 5.69. The summed E-state index contributed by atoms with van der Waals surface area (Å²) in [6.45, 7) is 8.39. The van der Waals surface area contributed by atoms with Crippen LogP contribution >= 0.6 is 0 Å². The maximum absolute atomic E-state index is 13.7. The van der Waals surface area contributed by atoms with Gasteiger partial charge < -0.3 is 14.6 Å². The largest absolute Gasteiger partial charge is 0.444 e. The molecule has 0 saturated heterocycles. The minimum Gasteiger partial charge on any atom is -0.444 e. The molecule has 128 valence electrons. The number of nitrogens with zero attached hydrogens (tertiary/aromatic N) is 2. The SMILES string of the molecule is Cc1c(F)cncc1-c1cc2c([nH]1)CCN(C(=O)OC(C)(C)C)C2. The number of nitrogens with one attached hydrogen (secondary N) is 1. The molecule has 0 spiro atoms. The first-order chi connectivity index (χ1) is 11.2. The number of ether oxygens (including phenoxy) is 1. The zero-order chi connectivity index (χ0) is 17.5. The first-order valence-electron chi connectivity index (χ1n) is 8.04. The third-order valence-corrected chi connectivity index (χ3v) is 4.08. The molecular weight excluding hydrogens is 309 g/mol. The Bertz CT molecular complexity index is 777. The number of hydrogen-bond donors (Lipinski definition) is 1. The van der Waals surface area contributed by atoms with Crippen molar-refractivity contribution in [3.8, 4) is 11.3 Å². The molecule has 0 radical (unpaired) electrons. The molecule has 0 aliphatic carbocycles. The number of carbonyl (C=O) groups excluding carboxylic acids is 1. The highest BCUT2D eigenvalue weighted by Crippen LogP contribution is 2.29. The Hall–Kier alpha value is -2.37. The van der Waals surface area contributed by atoms with Crippen LogP contribution in [0.3, 0.4) is 0 Å². The van der Waals surface area contributed by atoms with E-state index in [0.717, 1.165) is 28.9 Å². The molecule has 5 nitrogen and oxygen atoms in total. The van der Waals surface area contributed by atoms with Gasteiger partial charge in [0.1, 0.15) is 11.4 Å². The second-order valence-electron chi connectivity index (χ2n) is 7.13. The lowest BCUT2D eigenvalue weighted by Gasteiger charge is -2.29. The zero-order valence-corrected chi connectivity index (χ0v) is 14.4. The highest BCUT2D eigenvalue weighted by Gasteiger charge is 2.27. The molecule has 3 rings (SSSR count). The van der Waals surface area contributed by atoms with Crippen LogP contribution < -0.4 is 0 Å². The number of fused-ring (bicyclic) bond motifs is 1. The van der Waals surface area contributed by atoms with Crippen molar-refractivity contribution in [1.82, 2.24) is 14.9 Å². The van der Waals surface area contributed by atoms with E-state index in [0.29, 0.717) is 18.7 Å². The van der Waals surface area contributed by atoms with Gasteiger partial charge in [-0.1, -0.05) is 0 Å². The standard InChI is InChI=1S/C18H22FN3O2/c1-11-13(8-20-9-14(11)19)16-7-12-10-22(6-5-15(12)21-16)17(23)24-18(2,3)4/h7-9,21H,5-6,10H2,1-4H3. The second kappa shape index (κ2) is 5.92. The van der Waals surface area contributed by atoms with Gasteiger partial charge in [-0.25, -0.2) is 9.18 Å². The van der Waals surface area contributed by atoms with Crippen LogP contribution in [0.2, 0.25) is 0 Å². The number of pyridine rings is 1. The molecule has 2 aromatic heterocycles. The van der Waals surface area contributed by atoms with Crippen molar-refractivity contribution in [3.05, 3.63) is 41.1 Å². The second-order valence-corrected chi connectivity index (χ2v) is 7.13. The Morgan fingerprint density at radius 2 is 2.12 bits per heavy atom. The van der Waals surface area contributed by atoms with E-state index in [1.165, 1.54) is 6.20 Å². The van der Waals surface area contributed by atoms with E-state index < -0.39 is 5.60 Å². The van der Waals surface area contributed by atoms with Gasteiger partial charge in [-0.05, 0) is 44.9 Å². The van der Waals surface area contributed by atoms with E-state index in [2.05, 4.69) is 9.97 Å². The third kappa shape index (κ3) is 3.27. The molecule has 6 heteroatoms. The summed E-state index contributed by atoms with van der Waals surface area (Å²) >= 11 is 0. The minimum atomic E-state index is -0.509. The van der Waals surface area contributed by atoms with Gasteiger partial charge in [0.05, 0.1) is 12.7 Å². The number of halogens is 1. The van der Waals surface area contributed by atoms with Gasteiger partial charge in [-0.3, -0.25) is 4.98 Å². The first-order valence-corrected chi connectivity index (χ1v) is 8.04. The van der Waals surface area contributed by atoms with Crippen molar-refractivity contribution in [3.63, 3.8) is 0 Å². The monoisotopic (exact) mass is 331 g/mol. The molecule has 1 N–H and O–H groups in total. The van der Waals surface area contributed by atoms with E-state index in [-0.39, 0.29) is 11.9 Å². The van der Waals surface area contributed by atoms with E-state index in [1.807, 2.05) is 26.8 Å². The summed E-state index contributed by atoms with van der Waals surface area (Å²) in [6, 6.07) is 1.97. The van der Waals surface area contributed by atoms with Crippen LogP contribution in [0.1, 0.15) is 37.6 Å². The van der Waals surface area contributed by atoms with Gasteiger partial charge in [-0.2, -0.15) is 0 Å². The quantitative estimate of drug-likeness (QED) is 0.864. The number of carbonyl (C=O) groups is 1. The topological polar surface area (TPSA) is 58.2 Å². The molecule has 1 aliphatic heterocycles. The van der Waals surface area contributed by atoms with E-state index >= 15 is 0 Å². The summed E-state index contributed by atoms with van der Waals surface area (Å²) in [5.74, 6) is -0.324. The summed E-state index contributed by atoms with van der Waals surface area (Å²) in [7, 11) is 0. The Labute approximate surface area is 140 Å². The van der Waals surface area contributed by atoms with Crippen LogP contribution in [0.15, 0.2) is 18.5 Å². The molecule has 0 aromatic carbocycles. The Morgan fingerprint density at radius 3 is 2.83 bits per heavy atom. The molecule has 1 amide bonds. The van der Waals surface area contributed by atoms with Gasteiger partial charge >= 0.3 is 6.09 Å². The Kier molecular flexibility index (Phi) is 4.07. The number of amides is 1. The fraction of sp³-hybridized carbons (Fsp3) is 0.444. The van der Waals surface area contributed by atoms with Crippen molar-refractivity contribution in [2.75, 3.05) is 6.54 Å². The summed E-state index contributed by atoms with van der Waals surface area (Å²) in [5.41, 5.74) is 3.74. The number of aromatic nitrogens is 2. The maximum Gasteiger partial charge on any atom is 0.410 e. The third-order valence-electron chi connectivity index (χ3n) is 4.08. The van der Waals surface area contributed by atoms with Gasteiger partial charge in [0.15, 0.2) is 0 Å². The van der Waals surface area contributed by atoms with Crippen LogP contribution in [0, 0.1) is 12.7 Å². The summed E-state index contributed by atoms with van der Waals surface area (Å²) in [5, 5.41) is 0. The predicted molar refractivity (Wildman–Crippen MR) is 89.1 cm³/mol. The molecule has 1 aliphatic rings. The van der Waals surface area contributed by atoms with Crippen molar-refractivity contribution >= 4 is 6.09 Å². The lowest BCUT2D eigenvalue weighted by atomic mass is 10.1. The van der Waals surface area contributed by atoms with Crippen LogP contribution in [-0.2, 0) is 17.7 Å². The van der Waals surface area contributed by atoms with Crippen LogP contribution in [0.25, 0.3) is 11.3 Å². The Morgan fingerprint density at radius 1 is 1.38 bits per heavy atom. The van der Waals surface area contributed by atoms with Crippen molar-refractivity contribution in [2.45, 2.75) is 46.3 Å². The van der Waals surface area contributed by atoms with Crippen molar-refractivity contribution in [1.29, 1.82) is 0 Å². The number of aromatic amines is 1. The molecule has 0 atom stereocenters. The minimum absolute atomic E-state index is 0.306. The molecule has 2 aromatic rings. The average Bonchev–Trinajstić information content (AvgIpc) is 2.91. The summed E-state index contributed by atoms with van der Waals surface area (Å²) in [6.07, 6.45) is 3.28. The lowest BCUT2D eigenvalue weighted by molar-refractivity contribution is 0.0223. The zero-order valence-electron chi connectivity index (χ0n) is 14.4. The van der Waals surface area contributed by atoms with Gasteiger partial charge in [-0.15, -0.1) is 0 Å². The average molecular weight is 331 g/mol. The predicted octanol–water partition coefficient (Wildman–Crippen LogP) is 3.82. The van der Waals surface area contributed by atoms with Gasteiger partial charge in [0, 0.05) is 36.1 Å². The van der Waals surface area contributed by atoms with Crippen LogP contribution in [-0.4, -0.2) is 33.1 Å². The fourth-order valence-electron chi connectivity index (χ4n) is 2.83. The fourth-order valence-corrected chi connectivity index (χ4v) is 2.83. The highest BCUT2D eigenvalue weighted by atomic mass is 19.1.